The molecule has 1 rings (SSSR count). The van der Waals surface area contributed by atoms with Crippen molar-refractivity contribution >= 4 is 27.6 Å². The van der Waals surface area contributed by atoms with Crippen molar-refractivity contribution in [2.75, 3.05) is 6.61 Å². The summed E-state index contributed by atoms with van der Waals surface area (Å²) in [7, 11) is 0. The number of rotatable bonds is 4. The Morgan fingerprint density at radius 1 is 1.69 bits per heavy atom. The lowest BCUT2D eigenvalue weighted by atomic mass is 10.2. The maximum atomic E-state index is 11.2. The van der Waals surface area contributed by atoms with E-state index >= 15 is 0 Å². The molecule has 0 aliphatic rings. The number of ether oxygens (including phenoxy) is 1. The zero-order chi connectivity index (χ0) is 12.1. The third-order valence-corrected chi connectivity index (χ3v) is 2.48. The van der Waals surface area contributed by atoms with Crippen molar-refractivity contribution in [3.05, 3.63) is 32.5 Å². The Morgan fingerprint density at radius 2 is 2.38 bits per heavy atom. The van der Waals surface area contributed by atoms with Gasteiger partial charge in [-0.15, -0.1) is 0 Å². The predicted octanol–water partition coefficient (Wildman–Crippen LogP) is 1.86. The number of hydrogen-bond donors (Lipinski definition) is 0. The van der Waals surface area contributed by atoms with E-state index in [0.29, 0.717) is 0 Å². The van der Waals surface area contributed by atoms with Gasteiger partial charge in [-0.2, -0.15) is 0 Å². The van der Waals surface area contributed by atoms with Crippen LogP contribution in [0.5, 0.6) is 0 Å². The zero-order valence-corrected chi connectivity index (χ0v) is 10.1. The molecule has 0 unspecified atom stereocenters. The zero-order valence-electron chi connectivity index (χ0n) is 8.47. The van der Waals surface area contributed by atoms with Gasteiger partial charge in [-0.3, -0.25) is 14.9 Å². The molecule has 0 atom stereocenters. The third-order valence-electron chi connectivity index (χ3n) is 1.80. The van der Waals surface area contributed by atoms with E-state index in [9.17, 15) is 14.9 Å². The van der Waals surface area contributed by atoms with Gasteiger partial charge in [0.25, 0.3) is 5.69 Å². The number of carbonyl (C=O) groups excluding carboxylic acids is 1. The van der Waals surface area contributed by atoms with Gasteiger partial charge in [0.1, 0.15) is 4.60 Å². The van der Waals surface area contributed by atoms with E-state index in [4.69, 9.17) is 4.74 Å². The second-order valence-electron chi connectivity index (χ2n) is 2.84. The molecule has 1 aromatic heterocycles. The summed E-state index contributed by atoms with van der Waals surface area (Å²) >= 11 is 3.07. The molecule has 1 heterocycles. The minimum atomic E-state index is -0.555. The van der Waals surface area contributed by atoms with Crippen molar-refractivity contribution in [1.82, 2.24) is 4.98 Å². The summed E-state index contributed by atoms with van der Waals surface area (Å²) in [6.45, 7) is 1.91. The highest BCUT2D eigenvalue weighted by Crippen LogP contribution is 2.25. The lowest BCUT2D eigenvalue weighted by Gasteiger charge is -2.04. The molecule has 0 radical (unpaired) electrons. The van der Waals surface area contributed by atoms with E-state index < -0.39 is 10.9 Å². The first-order valence-electron chi connectivity index (χ1n) is 4.49. The van der Waals surface area contributed by atoms with Crippen LogP contribution >= 0.6 is 15.9 Å². The van der Waals surface area contributed by atoms with Crippen LogP contribution in [0.4, 0.5) is 5.69 Å². The molecular formula is C9H9BrN2O4. The Bertz CT molecular complexity index is 422. The first kappa shape index (κ1) is 12.6. The molecule has 7 heteroatoms. The predicted molar refractivity (Wildman–Crippen MR) is 58.9 cm³/mol. The van der Waals surface area contributed by atoms with Gasteiger partial charge in [0.2, 0.25) is 0 Å². The molecule has 0 bridgehead atoms. The van der Waals surface area contributed by atoms with Crippen molar-refractivity contribution in [3.8, 4) is 0 Å². The van der Waals surface area contributed by atoms with E-state index in [-0.39, 0.29) is 28.9 Å². The number of pyridine rings is 1. The average molecular weight is 289 g/mol. The van der Waals surface area contributed by atoms with Crippen molar-refractivity contribution in [2.24, 2.45) is 0 Å². The van der Waals surface area contributed by atoms with Gasteiger partial charge >= 0.3 is 5.97 Å². The normalized spacial score (nSPS) is 9.88. The number of nitrogens with zero attached hydrogens (tertiary/aromatic N) is 2. The first-order valence-corrected chi connectivity index (χ1v) is 5.29. The molecule has 0 spiro atoms. The van der Waals surface area contributed by atoms with Crippen LogP contribution < -0.4 is 0 Å². The Morgan fingerprint density at radius 3 is 2.94 bits per heavy atom. The largest absolute Gasteiger partial charge is 0.466 e. The van der Waals surface area contributed by atoms with E-state index in [2.05, 4.69) is 20.9 Å². The molecule has 1 aromatic rings. The summed E-state index contributed by atoms with van der Waals surface area (Å²) in [5.41, 5.74) is 0.0841. The molecule has 6 nitrogen and oxygen atoms in total. The van der Waals surface area contributed by atoms with Crippen LogP contribution in [-0.4, -0.2) is 22.5 Å². The monoisotopic (exact) mass is 288 g/mol. The van der Waals surface area contributed by atoms with Crippen LogP contribution in [0.25, 0.3) is 0 Å². The van der Waals surface area contributed by atoms with Crippen molar-refractivity contribution < 1.29 is 14.5 Å². The van der Waals surface area contributed by atoms with Crippen LogP contribution in [-0.2, 0) is 16.0 Å². The molecule has 0 amide bonds. The van der Waals surface area contributed by atoms with Gasteiger partial charge in [0.05, 0.1) is 23.5 Å². The number of nitro groups is 1. The van der Waals surface area contributed by atoms with Crippen LogP contribution in [0.2, 0.25) is 0 Å². The minimum Gasteiger partial charge on any atom is -0.466 e. The van der Waals surface area contributed by atoms with Gasteiger partial charge in [-0.1, -0.05) is 0 Å². The second kappa shape index (κ2) is 5.55. The summed E-state index contributed by atoms with van der Waals surface area (Å²) in [6.07, 6.45) is 1.13. The lowest BCUT2D eigenvalue weighted by Crippen LogP contribution is -2.10. The lowest BCUT2D eigenvalue weighted by molar-refractivity contribution is -0.385. The maximum absolute atomic E-state index is 11.2. The fraction of sp³-hybridized carbons (Fsp3) is 0.333. The summed E-state index contributed by atoms with van der Waals surface area (Å²) < 4.78 is 5.01. The average Bonchev–Trinajstić information content (AvgIpc) is 2.21. The van der Waals surface area contributed by atoms with Crippen LogP contribution in [0, 0.1) is 10.1 Å². The Labute approximate surface area is 99.9 Å². The van der Waals surface area contributed by atoms with Crippen molar-refractivity contribution in [1.29, 1.82) is 0 Å². The molecule has 86 valence electrons. The third kappa shape index (κ3) is 2.99. The number of esters is 1. The summed E-state index contributed by atoms with van der Waals surface area (Å²) in [5.74, 6) is -0.515. The quantitative estimate of drug-likeness (QED) is 0.365. The van der Waals surface area contributed by atoms with Gasteiger partial charge in [0, 0.05) is 12.3 Å². The summed E-state index contributed by atoms with van der Waals surface area (Å²) in [6, 6.07) is 1.25. The molecule has 0 aliphatic heterocycles. The van der Waals surface area contributed by atoms with Crippen LogP contribution in [0.3, 0.4) is 0 Å². The molecule has 0 aromatic carbocycles. The molecule has 0 N–H and O–H groups in total. The number of aromatic nitrogens is 1. The highest BCUT2D eigenvalue weighted by atomic mass is 79.9. The highest BCUT2D eigenvalue weighted by molar-refractivity contribution is 9.10. The van der Waals surface area contributed by atoms with Crippen LogP contribution in [0.1, 0.15) is 12.5 Å². The Hall–Kier alpha value is -1.50. The molecule has 0 fully saturated rings. The van der Waals surface area contributed by atoms with E-state index in [1.54, 1.807) is 6.92 Å². The number of halogens is 1. The van der Waals surface area contributed by atoms with Crippen molar-refractivity contribution in [2.45, 2.75) is 13.3 Å². The van der Waals surface area contributed by atoms with Gasteiger partial charge in [-0.25, -0.2) is 4.98 Å². The fourth-order valence-electron chi connectivity index (χ4n) is 1.15. The van der Waals surface area contributed by atoms with Crippen LogP contribution in [0.15, 0.2) is 16.9 Å². The number of hydrogen-bond acceptors (Lipinski definition) is 5. The van der Waals surface area contributed by atoms with E-state index in [1.807, 2.05) is 0 Å². The molecule has 0 aliphatic carbocycles. The first-order chi connectivity index (χ1) is 7.56. The SMILES string of the molecule is CCOC(=O)Cc1c([N+](=O)[O-])ccnc1Br. The second-order valence-corrected chi connectivity index (χ2v) is 3.59. The summed E-state index contributed by atoms with van der Waals surface area (Å²) in [5, 5.41) is 10.7. The smallest absolute Gasteiger partial charge is 0.310 e. The number of carbonyl (C=O) groups is 1. The minimum absolute atomic E-state index is 0.144. The van der Waals surface area contributed by atoms with Gasteiger partial charge in [-0.05, 0) is 22.9 Å². The standard InChI is InChI=1S/C9H9BrN2O4/c1-2-16-8(13)5-6-7(12(14)15)3-4-11-9(6)10/h3-4H,2,5H2,1H3. The van der Waals surface area contributed by atoms with Gasteiger partial charge in [0.15, 0.2) is 0 Å². The Kier molecular flexibility index (Phi) is 4.36. The topological polar surface area (TPSA) is 82.3 Å². The Balaban J connectivity index is 3.01. The highest BCUT2D eigenvalue weighted by Gasteiger charge is 2.20. The van der Waals surface area contributed by atoms with Gasteiger partial charge < -0.3 is 4.74 Å². The molecule has 16 heavy (non-hydrogen) atoms. The van der Waals surface area contributed by atoms with E-state index in [1.165, 1.54) is 12.3 Å². The molecule has 0 saturated carbocycles. The maximum Gasteiger partial charge on any atom is 0.310 e. The van der Waals surface area contributed by atoms with E-state index in [0.717, 1.165) is 0 Å². The summed E-state index contributed by atoms with van der Waals surface area (Å²) in [4.78, 5) is 25.2. The molecular weight excluding hydrogens is 280 g/mol. The molecule has 0 saturated heterocycles. The fourth-order valence-corrected chi connectivity index (χ4v) is 1.61. The van der Waals surface area contributed by atoms with Crippen molar-refractivity contribution in [3.63, 3.8) is 0 Å².